The first-order valence-corrected chi connectivity index (χ1v) is 7.07. The van der Waals surface area contributed by atoms with Gasteiger partial charge in [0.2, 0.25) is 0 Å². The number of halogens is 1. The van der Waals surface area contributed by atoms with Gasteiger partial charge >= 0.3 is 6.03 Å². The third kappa shape index (κ3) is 1.40. The molecule has 0 bridgehead atoms. The van der Waals surface area contributed by atoms with Gasteiger partial charge in [-0.15, -0.1) is 0 Å². The van der Waals surface area contributed by atoms with Crippen molar-refractivity contribution in [3.8, 4) is 0 Å². The predicted octanol–water partition coefficient (Wildman–Crippen LogP) is 2.17. The van der Waals surface area contributed by atoms with E-state index in [-0.39, 0.29) is 11.8 Å². The molecule has 0 saturated heterocycles. The van der Waals surface area contributed by atoms with Crippen molar-refractivity contribution in [3.63, 3.8) is 0 Å². The van der Waals surface area contributed by atoms with Crippen molar-refractivity contribution in [2.45, 2.75) is 31.2 Å². The average molecular weight is 273 g/mol. The highest BCUT2D eigenvalue weighted by Crippen LogP contribution is 2.47. The van der Waals surface area contributed by atoms with Crippen LogP contribution in [-0.4, -0.2) is 23.3 Å². The van der Waals surface area contributed by atoms with Gasteiger partial charge in [-0.3, -0.25) is 0 Å². The number of rotatable bonds is 2. The largest absolute Gasteiger partial charge is 0.385 e. The standard InChI is InChI=1S/C15H16FN3O/c16-12-3-1-2-11-10(12)6-7-15(11)13(17)18-14(20)19(15)8-9-4-5-9/h1-3,9H,4-8H2,(H2,17,18,20). The smallest absolute Gasteiger partial charge is 0.346 e. The van der Waals surface area contributed by atoms with Crippen LogP contribution in [0.25, 0.3) is 0 Å². The lowest BCUT2D eigenvalue weighted by Crippen LogP contribution is -2.50. The molecular weight excluding hydrogens is 257 g/mol. The molecule has 20 heavy (non-hydrogen) atoms. The Hall–Kier alpha value is -1.91. The van der Waals surface area contributed by atoms with Crippen molar-refractivity contribution in [1.82, 2.24) is 4.90 Å². The van der Waals surface area contributed by atoms with Crippen LogP contribution < -0.4 is 5.73 Å². The second-order valence-corrected chi connectivity index (χ2v) is 5.96. The van der Waals surface area contributed by atoms with Crippen LogP contribution in [0.1, 0.15) is 30.4 Å². The van der Waals surface area contributed by atoms with Crippen molar-refractivity contribution in [3.05, 3.63) is 35.1 Å². The summed E-state index contributed by atoms with van der Waals surface area (Å²) in [5.74, 6) is 0.667. The molecule has 2 amide bonds. The first-order valence-electron chi connectivity index (χ1n) is 7.07. The van der Waals surface area contributed by atoms with Gasteiger partial charge in [0.15, 0.2) is 0 Å². The SMILES string of the molecule is NC1=NC(=O)N(CC2CC2)C12CCc1c(F)cccc12. The van der Waals surface area contributed by atoms with Gasteiger partial charge < -0.3 is 10.6 Å². The fourth-order valence-electron chi connectivity index (χ4n) is 3.54. The molecule has 1 heterocycles. The van der Waals surface area contributed by atoms with Crippen LogP contribution in [0.5, 0.6) is 0 Å². The Kier molecular flexibility index (Phi) is 2.26. The molecule has 1 aliphatic heterocycles. The van der Waals surface area contributed by atoms with Gasteiger partial charge in [0, 0.05) is 6.54 Å². The maximum Gasteiger partial charge on any atom is 0.346 e. The number of hydrogen-bond donors (Lipinski definition) is 1. The Labute approximate surface area is 116 Å². The first kappa shape index (κ1) is 11.9. The summed E-state index contributed by atoms with van der Waals surface area (Å²) in [6.45, 7) is 0.680. The minimum absolute atomic E-state index is 0.210. The summed E-state index contributed by atoms with van der Waals surface area (Å²) in [5, 5.41) is 0. The molecule has 1 atom stereocenters. The van der Waals surface area contributed by atoms with Gasteiger partial charge in [-0.2, -0.15) is 4.99 Å². The number of benzene rings is 1. The van der Waals surface area contributed by atoms with Crippen LogP contribution >= 0.6 is 0 Å². The van der Waals surface area contributed by atoms with E-state index in [4.69, 9.17) is 5.73 Å². The minimum Gasteiger partial charge on any atom is -0.385 e. The Morgan fingerprint density at radius 3 is 3.00 bits per heavy atom. The number of carbonyl (C=O) groups excluding carboxylic acids is 1. The number of hydrogen-bond acceptors (Lipinski definition) is 2. The number of amidine groups is 1. The van der Waals surface area contributed by atoms with Crippen molar-refractivity contribution in [2.24, 2.45) is 16.6 Å². The zero-order valence-electron chi connectivity index (χ0n) is 11.1. The Morgan fingerprint density at radius 1 is 1.45 bits per heavy atom. The lowest BCUT2D eigenvalue weighted by molar-refractivity contribution is 0.166. The van der Waals surface area contributed by atoms with E-state index in [1.54, 1.807) is 11.0 Å². The van der Waals surface area contributed by atoms with Gasteiger partial charge in [0.25, 0.3) is 0 Å². The molecule has 1 fully saturated rings. The van der Waals surface area contributed by atoms with E-state index in [1.165, 1.54) is 6.07 Å². The average Bonchev–Trinajstić information content (AvgIpc) is 3.10. The summed E-state index contributed by atoms with van der Waals surface area (Å²) in [4.78, 5) is 17.9. The molecule has 2 aliphatic carbocycles. The fourth-order valence-corrected chi connectivity index (χ4v) is 3.54. The van der Waals surface area contributed by atoms with Gasteiger partial charge in [-0.05, 0) is 48.8 Å². The summed E-state index contributed by atoms with van der Waals surface area (Å²) in [5.41, 5.74) is 6.89. The van der Waals surface area contributed by atoms with E-state index < -0.39 is 5.54 Å². The number of nitrogens with zero attached hydrogens (tertiary/aromatic N) is 2. The summed E-state index contributed by atoms with van der Waals surface area (Å²) in [6.07, 6.45) is 3.54. The third-order valence-electron chi connectivity index (χ3n) is 4.77. The van der Waals surface area contributed by atoms with Gasteiger partial charge in [-0.25, -0.2) is 9.18 Å². The Balaban J connectivity index is 1.85. The summed E-state index contributed by atoms with van der Waals surface area (Å²) < 4.78 is 14.0. The van der Waals surface area contributed by atoms with Gasteiger partial charge in [0.05, 0.1) is 0 Å². The van der Waals surface area contributed by atoms with Crippen LogP contribution in [0.15, 0.2) is 23.2 Å². The maximum atomic E-state index is 14.0. The van der Waals surface area contributed by atoms with Crippen LogP contribution in [0.4, 0.5) is 9.18 Å². The summed E-state index contributed by atoms with van der Waals surface area (Å²) >= 11 is 0. The monoisotopic (exact) mass is 273 g/mol. The van der Waals surface area contributed by atoms with Crippen LogP contribution in [-0.2, 0) is 12.0 Å². The molecule has 1 unspecified atom stereocenters. The molecule has 4 rings (SSSR count). The molecule has 104 valence electrons. The quantitative estimate of drug-likeness (QED) is 0.897. The topological polar surface area (TPSA) is 58.7 Å². The van der Waals surface area contributed by atoms with Crippen molar-refractivity contribution in [1.29, 1.82) is 0 Å². The Bertz CT molecular complexity index is 638. The second-order valence-electron chi connectivity index (χ2n) is 5.96. The predicted molar refractivity (Wildman–Crippen MR) is 72.8 cm³/mol. The van der Waals surface area contributed by atoms with Crippen LogP contribution in [0, 0.1) is 11.7 Å². The molecule has 3 aliphatic rings. The van der Waals surface area contributed by atoms with Crippen molar-refractivity contribution in [2.75, 3.05) is 6.54 Å². The molecule has 1 aromatic rings. The minimum atomic E-state index is -0.697. The molecule has 0 radical (unpaired) electrons. The van der Waals surface area contributed by atoms with Gasteiger partial charge in [0.1, 0.15) is 17.2 Å². The number of carbonyl (C=O) groups is 1. The van der Waals surface area contributed by atoms with E-state index in [0.717, 1.165) is 18.4 Å². The number of aliphatic imine (C=N–C) groups is 1. The normalized spacial score (nSPS) is 28.1. The summed E-state index contributed by atoms with van der Waals surface area (Å²) in [6, 6.07) is 4.76. The molecule has 2 N–H and O–H groups in total. The van der Waals surface area contributed by atoms with E-state index in [1.807, 2.05) is 6.07 Å². The van der Waals surface area contributed by atoms with E-state index in [9.17, 15) is 9.18 Å². The molecule has 1 aromatic carbocycles. The third-order valence-corrected chi connectivity index (χ3v) is 4.77. The zero-order valence-corrected chi connectivity index (χ0v) is 11.1. The molecular formula is C15H16FN3O. The second kappa shape index (κ2) is 3.81. The van der Waals surface area contributed by atoms with Gasteiger partial charge in [-0.1, -0.05) is 12.1 Å². The summed E-state index contributed by atoms with van der Waals surface area (Å²) in [7, 11) is 0. The molecule has 1 spiro atoms. The van der Waals surface area contributed by atoms with E-state index in [2.05, 4.69) is 4.99 Å². The van der Waals surface area contributed by atoms with Crippen LogP contribution in [0.3, 0.4) is 0 Å². The fraction of sp³-hybridized carbons (Fsp3) is 0.467. The molecule has 4 nitrogen and oxygen atoms in total. The zero-order chi connectivity index (χ0) is 13.9. The van der Waals surface area contributed by atoms with E-state index in [0.29, 0.717) is 36.7 Å². The van der Waals surface area contributed by atoms with E-state index >= 15 is 0 Å². The van der Waals surface area contributed by atoms with Crippen molar-refractivity contribution < 1.29 is 9.18 Å². The first-order chi connectivity index (χ1) is 9.63. The number of nitrogens with two attached hydrogens (primary N) is 1. The lowest BCUT2D eigenvalue weighted by Gasteiger charge is -2.35. The van der Waals surface area contributed by atoms with Crippen LogP contribution in [0.2, 0.25) is 0 Å². The maximum absolute atomic E-state index is 14.0. The number of fused-ring (bicyclic) bond motifs is 2. The number of urea groups is 1. The number of amides is 2. The molecule has 1 saturated carbocycles. The highest BCUT2D eigenvalue weighted by atomic mass is 19.1. The van der Waals surface area contributed by atoms with Crippen molar-refractivity contribution >= 4 is 11.9 Å². The molecule has 0 aromatic heterocycles. The highest BCUT2D eigenvalue weighted by molar-refractivity contribution is 6.07. The highest BCUT2D eigenvalue weighted by Gasteiger charge is 2.54. The Morgan fingerprint density at radius 2 is 2.25 bits per heavy atom. The lowest BCUT2D eigenvalue weighted by atomic mass is 9.89. The molecule has 5 heteroatoms.